The average Bonchev–Trinajstić information content (AvgIpc) is 2.95. The summed E-state index contributed by atoms with van der Waals surface area (Å²) in [5.74, 6) is -1.43. The molecule has 0 aromatic heterocycles. The number of urea groups is 1. The Hall–Kier alpha value is -3.22. The molecule has 1 aliphatic heterocycles. The van der Waals surface area contributed by atoms with Crippen LogP contribution in [0.1, 0.15) is 37.8 Å². The zero-order valence-electron chi connectivity index (χ0n) is 16.5. The van der Waals surface area contributed by atoms with Crippen LogP contribution in [0.25, 0.3) is 0 Å². The van der Waals surface area contributed by atoms with Gasteiger partial charge in [0.2, 0.25) is 5.91 Å². The highest BCUT2D eigenvalue weighted by atomic mass is 19.1. The standard InChI is InChI=1S/C22H24FN3O3/c1-3-5-15-6-12-18(13-7-15)24-19(27)14-26-20(28)22(4-2,25-21(26)29)16-8-10-17(23)11-9-16/h6-13H,3-5,14H2,1-2H3,(H,24,27)(H,25,29). The number of carbonyl (C=O) groups excluding carboxylic acids is 3. The van der Waals surface area contributed by atoms with E-state index in [-0.39, 0.29) is 6.42 Å². The molecule has 1 unspecified atom stereocenters. The minimum atomic E-state index is -1.30. The van der Waals surface area contributed by atoms with Gasteiger partial charge in [-0.3, -0.25) is 14.5 Å². The van der Waals surface area contributed by atoms with Crippen molar-refractivity contribution in [1.82, 2.24) is 10.2 Å². The normalized spacial score (nSPS) is 18.7. The highest BCUT2D eigenvalue weighted by Crippen LogP contribution is 2.32. The molecule has 6 nitrogen and oxygen atoms in total. The lowest BCUT2D eigenvalue weighted by Gasteiger charge is -2.25. The first-order valence-electron chi connectivity index (χ1n) is 9.68. The van der Waals surface area contributed by atoms with Gasteiger partial charge in [-0.2, -0.15) is 0 Å². The van der Waals surface area contributed by atoms with Gasteiger partial charge >= 0.3 is 6.03 Å². The van der Waals surface area contributed by atoms with Gasteiger partial charge in [-0.05, 0) is 48.2 Å². The minimum Gasteiger partial charge on any atom is -0.325 e. The molecule has 0 saturated carbocycles. The number of hydrogen-bond donors (Lipinski definition) is 2. The number of benzene rings is 2. The van der Waals surface area contributed by atoms with Crippen LogP contribution < -0.4 is 10.6 Å². The van der Waals surface area contributed by atoms with Crippen molar-refractivity contribution in [2.24, 2.45) is 0 Å². The summed E-state index contributed by atoms with van der Waals surface area (Å²) in [7, 11) is 0. The predicted molar refractivity (Wildman–Crippen MR) is 108 cm³/mol. The summed E-state index contributed by atoms with van der Waals surface area (Å²) in [5, 5.41) is 5.39. The zero-order chi connectivity index (χ0) is 21.0. The van der Waals surface area contributed by atoms with Crippen LogP contribution in [-0.4, -0.2) is 29.3 Å². The smallest absolute Gasteiger partial charge is 0.325 e. The van der Waals surface area contributed by atoms with E-state index in [0.29, 0.717) is 11.3 Å². The van der Waals surface area contributed by atoms with E-state index >= 15 is 0 Å². The SMILES string of the molecule is CCCc1ccc(NC(=O)CN2C(=O)NC(CC)(c3ccc(F)cc3)C2=O)cc1. The van der Waals surface area contributed by atoms with E-state index in [1.54, 1.807) is 19.1 Å². The highest BCUT2D eigenvalue weighted by Gasteiger charge is 2.51. The summed E-state index contributed by atoms with van der Waals surface area (Å²) in [6.07, 6.45) is 2.27. The molecule has 0 bridgehead atoms. The molecule has 29 heavy (non-hydrogen) atoms. The molecule has 2 aromatic carbocycles. The third kappa shape index (κ3) is 4.13. The van der Waals surface area contributed by atoms with Crippen LogP contribution in [0.5, 0.6) is 0 Å². The number of anilines is 1. The second-order valence-corrected chi connectivity index (χ2v) is 7.08. The van der Waals surface area contributed by atoms with E-state index in [9.17, 15) is 18.8 Å². The molecule has 7 heteroatoms. The average molecular weight is 397 g/mol. The zero-order valence-corrected chi connectivity index (χ0v) is 16.5. The van der Waals surface area contributed by atoms with E-state index in [2.05, 4.69) is 17.6 Å². The van der Waals surface area contributed by atoms with Crippen molar-refractivity contribution in [3.05, 3.63) is 65.5 Å². The van der Waals surface area contributed by atoms with Gasteiger partial charge < -0.3 is 10.6 Å². The van der Waals surface area contributed by atoms with Crippen LogP contribution in [0.3, 0.4) is 0 Å². The maximum Gasteiger partial charge on any atom is 0.325 e. The van der Waals surface area contributed by atoms with Crippen LogP contribution >= 0.6 is 0 Å². The number of hydrogen-bond acceptors (Lipinski definition) is 3. The number of rotatable bonds is 7. The number of nitrogens with zero attached hydrogens (tertiary/aromatic N) is 1. The molecule has 152 valence electrons. The first-order chi connectivity index (χ1) is 13.9. The summed E-state index contributed by atoms with van der Waals surface area (Å²) < 4.78 is 13.3. The predicted octanol–water partition coefficient (Wildman–Crippen LogP) is 3.57. The molecule has 0 aliphatic carbocycles. The Morgan fingerprint density at radius 1 is 1.07 bits per heavy atom. The molecular formula is C22H24FN3O3. The van der Waals surface area contributed by atoms with Crippen LogP contribution in [0.2, 0.25) is 0 Å². The van der Waals surface area contributed by atoms with E-state index in [1.165, 1.54) is 29.8 Å². The molecule has 1 heterocycles. The molecular weight excluding hydrogens is 373 g/mol. The van der Waals surface area contributed by atoms with Gasteiger partial charge in [-0.1, -0.05) is 44.5 Å². The molecule has 1 atom stereocenters. The number of nitrogens with one attached hydrogen (secondary N) is 2. The summed E-state index contributed by atoms with van der Waals surface area (Å²) in [6.45, 7) is 3.45. The van der Waals surface area contributed by atoms with Crippen LogP contribution in [0, 0.1) is 5.82 Å². The highest BCUT2D eigenvalue weighted by molar-refractivity contribution is 6.10. The fourth-order valence-electron chi connectivity index (χ4n) is 3.53. The Morgan fingerprint density at radius 3 is 2.31 bits per heavy atom. The molecule has 2 N–H and O–H groups in total. The molecule has 1 aliphatic rings. The van der Waals surface area contributed by atoms with Gasteiger partial charge in [0, 0.05) is 5.69 Å². The third-order valence-corrected chi connectivity index (χ3v) is 5.12. The second kappa shape index (κ2) is 8.43. The molecule has 0 radical (unpaired) electrons. The van der Waals surface area contributed by atoms with E-state index in [0.717, 1.165) is 17.7 Å². The summed E-state index contributed by atoms with van der Waals surface area (Å²) in [5.41, 5.74) is 0.954. The molecule has 3 rings (SSSR count). The Labute approximate surface area is 169 Å². The van der Waals surface area contributed by atoms with Gasteiger partial charge in [-0.15, -0.1) is 0 Å². The van der Waals surface area contributed by atoms with Gasteiger partial charge in [-0.25, -0.2) is 9.18 Å². The lowest BCUT2D eigenvalue weighted by molar-refractivity contribution is -0.134. The van der Waals surface area contributed by atoms with Gasteiger partial charge in [0.05, 0.1) is 0 Å². The van der Waals surface area contributed by atoms with Crippen molar-refractivity contribution in [2.75, 3.05) is 11.9 Å². The Bertz CT molecular complexity index is 912. The molecule has 4 amide bonds. The number of amides is 4. The number of imide groups is 1. The lowest BCUT2D eigenvalue weighted by Crippen LogP contribution is -2.44. The first kappa shape index (κ1) is 20.5. The Balaban J connectivity index is 1.72. The maximum absolute atomic E-state index is 13.3. The molecule has 2 aromatic rings. The van der Waals surface area contributed by atoms with E-state index < -0.39 is 35.7 Å². The van der Waals surface area contributed by atoms with Crippen molar-refractivity contribution < 1.29 is 18.8 Å². The van der Waals surface area contributed by atoms with Crippen molar-refractivity contribution in [1.29, 1.82) is 0 Å². The van der Waals surface area contributed by atoms with Crippen molar-refractivity contribution in [3.8, 4) is 0 Å². The fourth-order valence-corrected chi connectivity index (χ4v) is 3.53. The van der Waals surface area contributed by atoms with Crippen LogP contribution in [-0.2, 0) is 21.5 Å². The lowest BCUT2D eigenvalue weighted by atomic mass is 9.87. The number of aryl methyl sites for hydroxylation is 1. The maximum atomic E-state index is 13.3. The fraction of sp³-hybridized carbons (Fsp3) is 0.318. The van der Waals surface area contributed by atoms with Crippen molar-refractivity contribution in [2.45, 2.75) is 38.6 Å². The molecule has 1 saturated heterocycles. The number of carbonyl (C=O) groups is 3. The van der Waals surface area contributed by atoms with Crippen LogP contribution in [0.4, 0.5) is 14.9 Å². The van der Waals surface area contributed by atoms with Crippen molar-refractivity contribution in [3.63, 3.8) is 0 Å². The van der Waals surface area contributed by atoms with Gasteiger partial charge in [0.15, 0.2) is 0 Å². The van der Waals surface area contributed by atoms with Gasteiger partial charge in [0.1, 0.15) is 17.9 Å². The quantitative estimate of drug-likeness (QED) is 0.701. The Morgan fingerprint density at radius 2 is 1.72 bits per heavy atom. The summed E-state index contributed by atoms with van der Waals surface area (Å²) in [6, 6.07) is 12.2. The third-order valence-electron chi connectivity index (χ3n) is 5.12. The van der Waals surface area contributed by atoms with Crippen LogP contribution in [0.15, 0.2) is 48.5 Å². The molecule has 1 fully saturated rings. The minimum absolute atomic E-state index is 0.278. The van der Waals surface area contributed by atoms with E-state index in [1.807, 2.05) is 12.1 Å². The largest absolute Gasteiger partial charge is 0.325 e. The monoisotopic (exact) mass is 397 g/mol. The second-order valence-electron chi connectivity index (χ2n) is 7.08. The molecule has 0 spiro atoms. The Kier molecular flexibility index (Phi) is 5.96. The first-order valence-corrected chi connectivity index (χ1v) is 9.68. The van der Waals surface area contributed by atoms with Gasteiger partial charge in [0.25, 0.3) is 5.91 Å². The van der Waals surface area contributed by atoms with Crippen molar-refractivity contribution >= 4 is 23.5 Å². The summed E-state index contributed by atoms with van der Waals surface area (Å²) in [4.78, 5) is 38.8. The van der Waals surface area contributed by atoms with E-state index in [4.69, 9.17) is 0 Å². The number of halogens is 1. The topological polar surface area (TPSA) is 78.5 Å². The summed E-state index contributed by atoms with van der Waals surface area (Å²) >= 11 is 0.